The first-order chi connectivity index (χ1) is 8.78. The van der Waals surface area contributed by atoms with Gasteiger partial charge in [0, 0.05) is 18.1 Å². The van der Waals surface area contributed by atoms with E-state index < -0.39 is 0 Å². The van der Waals surface area contributed by atoms with Crippen LogP contribution >= 0.6 is 11.6 Å². The number of hydrogen-bond acceptors (Lipinski definition) is 2. The van der Waals surface area contributed by atoms with Gasteiger partial charge >= 0.3 is 0 Å². The van der Waals surface area contributed by atoms with Gasteiger partial charge in [-0.25, -0.2) is 0 Å². The van der Waals surface area contributed by atoms with Gasteiger partial charge in [0.05, 0.1) is 0 Å². The monoisotopic (exact) mass is 266 g/mol. The Morgan fingerprint density at radius 2 is 2.11 bits per heavy atom. The van der Waals surface area contributed by atoms with Crippen LogP contribution in [0.4, 0.5) is 0 Å². The molecule has 1 aromatic rings. The fourth-order valence-corrected chi connectivity index (χ4v) is 2.83. The molecule has 1 N–H and O–H groups in total. The Balaban J connectivity index is 1.73. The highest BCUT2D eigenvalue weighted by atomic mass is 35.5. The maximum absolute atomic E-state index is 5.90. The fraction of sp³-hybridized carbons (Fsp3) is 0.600. The minimum Gasteiger partial charge on any atom is -0.320 e. The van der Waals surface area contributed by atoms with Crippen LogP contribution in [0.25, 0.3) is 0 Å². The summed E-state index contributed by atoms with van der Waals surface area (Å²) in [5.41, 5.74) is 1.37. The van der Waals surface area contributed by atoms with Crippen molar-refractivity contribution < 1.29 is 0 Å². The molecule has 0 bridgehead atoms. The molecule has 0 spiro atoms. The lowest BCUT2D eigenvalue weighted by atomic mass is 10.0. The first-order valence-electron chi connectivity index (χ1n) is 6.89. The minimum atomic E-state index is 0.824. The molecule has 0 aliphatic carbocycles. The fourth-order valence-electron chi connectivity index (χ4n) is 2.71. The highest BCUT2D eigenvalue weighted by molar-refractivity contribution is 6.30. The normalized spacial score (nSPS) is 20.4. The van der Waals surface area contributed by atoms with Gasteiger partial charge in [0.25, 0.3) is 0 Å². The molecule has 1 aromatic carbocycles. The number of nitrogens with zero attached hydrogens (tertiary/aromatic N) is 1. The minimum absolute atomic E-state index is 0.824. The largest absolute Gasteiger partial charge is 0.320 e. The molecule has 0 aromatic heterocycles. The van der Waals surface area contributed by atoms with E-state index in [1.807, 2.05) is 19.2 Å². The average Bonchev–Trinajstić information content (AvgIpc) is 2.80. The Morgan fingerprint density at radius 1 is 1.33 bits per heavy atom. The predicted octanol–water partition coefficient (Wildman–Crippen LogP) is 3.16. The van der Waals surface area contributed by atoms with Gasteiger partial charge in [-0.05, 0) is 63.0 Å². The van der Waals surface area contributed by atoms with Gasteiger partial charge in [-0.15, -0.1) is 0 Å². The first kappa shape index (κ1) is 13.9. The molecule has 100 valence electrons. The topological polar surface area (TPSA) is 15.3 Å². The van der Waals surface area contributed by atoms with Gasteiger partial charge < -0.3 is 5.32 Å². The molecule has 1 atom stereocenters. The molecule has 18 heavy (non-hydrogen) atoms. The van der Waals surface area contributed by atoms with E-state index in [0.717, 1.165) is 24.0 Å². The molecule has 1 unspecified atom stereocenters. The Hall–Kier alpha value is -0.570. The molecule has 2 nitrogen and oxygen atoms in total. The molecule has 1 aliphatic rings. The summed E-state index contributed by atoms with van der Waals surface area (Å²) in [5, 5.41) is 4.05. The van der Waals surface area contributed by atoms with E-state index in [4.69, 9.17) is 11.6 Å². The van der Waals surface area contributed by atoms with Crippen molar-refractivity contribution in [1.82, 2.24) is 10.2 Å². The van der Waals surface area contributed by atoms with E-state index in [2.05, 4.69) is 22.3 Å². The van der Waals surface area contributed by atoms with Gasteiger partial charge in [0.2, 0.25) is 0 Å². The molecule has 0 saturated carbocycles. The van der Waals surface area contributed by atoms with Crippen LogP contribution in [0.5, 0.6) is 0 Å². The molecule has 1 aliphatic heterocycles. The van der Waals surface area contributed by atoms with Gasteiger partial charge in [0.1, 0.15) is 0 Å². The maximum Gasteiger partial charge on any atom is 0.0406 e. The summed E-state index contributed by atoms with van der Waals surface area (Å²) in [6.07, 6.45) is 4.02. The Kier molecular flexibility index (Phi) is 5.48. The lowest BCUT2D eigenvalue weighted by Crippen LogP contribution is -2.20. The van der Waals surface area contributed by atoms with Crippen LogP contribution in [-0.4, -0.2) is 31.6 Å². The van der Waals surface area contributed by atoms with Crippen molar-refractivity contribution in [3.8, 4) is 0 Å². The summed E-state index contributed by atoms with van der Waals surface area (Å²) in [5.74, 6) is 0.894. The smallest absolute Gasteiger partial charge is 0.0406 e. The summed E-state index contributed by atoms with van der Waals surface area (Å²) in [4.78, 5) is 2.56. The van der Waals surface area contributed by atoms with E-state index in [1.54, 1.807) is 0 Å². The molecule has 0 radical (unpaired) electrons. The van der Waals surface area contributed by atoms with E-state index in [9.17, 15) is 0 Å². The zero-order valence-corrected chi connectivity index (χ0v) is 11.9. The van der Waals surface area contributed by atoms with Crippen LogP contribution in [0.3, 0.4) is 0 Å². The summed E-state index contributed by atoms with van der Waals surface area (Å²) < 4.78 is 0. The summed E-state index contributed by atoms with van der Waals surface area (Å²) in [6, 6.07) is 8.24. The zero-order valence-electron chi connectivity index (χ0n) is 11.2. The predicted molar refractivity (Wildman–Crippen MR) is 78.0 cm³/mol. The summed E-state index contributed by atoms with van der Waals surface area (Å²) in [6.45, 7) is 4.71. The van der Waals surface area contributed by atoms with E-state index in [0.29, 0.717) is 0 Å². The van der Waals surface area contributed by atoms with Crippen molar-refractivity contribution >= 4 is 11.6 Å². The highest BCUT2D eigenvalue weighted by Crippen LogP contribution is 2.22. The van der Waals surface area contributed by atoms with Gasteiger partial charge in [-0.1, -0.05) is 23.7 Å². The van der Waals surface area contributed by atoms with Gasteiger partial charge in [-0.3, -0.25) is 4.90 Å². The second kappa shape index (κ2) is 7.13. The number of rotatable bonds is 6. The standard InChI is InChI=1S/C15H23ClN2/c1-17-9-2-3-13-8-10-18(11-13)12-14-4-6-15(16)7-5-14/h4-7,13,17H,2-3,8-12H2,1H3. The Morgan fingerprint density at radius 3 is 2.83 bits per heavy atom. The molecule has 1 saturated heterocycles. The van der Waals surface area contributed by atoms with E-state index >= 15 is 0 Å². The quantitative estimate of drug-likeness (QED) is 0.796. The van der Waals surface area contributed by atoms with Crippen LogP contribution in [0.1, 0.15) is 24.8 Å². The summed E-state index contributed by atoms with van der Waals surface area (Å²) >= 11 is 5.90. The maximum atomic E-state index is 5.90. The van der Waals surface area contributed by atoms with Crippen LogP contribution in [0, 0.1) is 5.92 Å². The third kappa shape index (κ3) is 4.27. The van der Waals surface area contributed by atoms with Crippen molar-refractivity contribution in [1.29, 1.82) is 0 Å². The molecule has 3 heteroatoms. The van der Waals surface area contributed by atoms with Crippen LogP contribution in [0.2, 0.25) is 5.02 Å². The SMILES string of the molecule is CNCCCC1CCN(Cc2ccc(Cl)cc2)C1. The van der Waals surface area contributed by atoms with Crippen molar-refractivity contribution in [2.45, 2.75) is 25.8 Å². The summed E-state index contributed by atoms with van der Waals surface area (Å²) in [7, 11) is 2.03. The number of halogens is 1. The van der Waals surface area contributed by atoms with Crippen LogP contribution < -0.4 is 5.32 Å². The number of likely N-dealkylation sites (tertiary alicyclic amines) is 1. The van der Waals surface area contributed by atoms with E-state index in [1.165, 1.54) is 37.9 Å². The van der Waals surface area contributed by atoms with Crippen molar-refractivity contribution in [2.75, 3.05) is 26.7 Å². The number of hydrogen-bond donors (Lipinski definition) is 1. The van der Waals surface area contributed by atoms with Gasteiger partial charge in [0.15, 0.2) is 0 Å². The Labute approximate surface area is 115 Å². The van der Waals surface area contributed by atoms with Crippen molar-refractivity contribution in [3.63, 3.8) is 0 Å². The second-order valence-electron chi connectivity index (χ2n) is 5.26. The van der Waals surface area contributed by atoms with Crippen LogP contribution in [0.15, 0.2) is 24.3 Å². The lowest BCUT2D eigenvalue weighted by Gasteiger charge is -2.16. The first-order valence-corrected chi connectivity index (χ1v) is 7.27. The lowest BCUT2D eigenvalue weighted by molar-refractivity contribution is 0.312. The molecular weight excluding hydrogens is 244 g/mol. The van der Waals surface area contributed by atoms with Crippen molar-refractivity contribution in [2.24, 2.45) is 5.92 Å². The van der Waals surface area contributed by atoms with Gasteiger partial charge in [-0.2, -0.15) is 0 Å². The molecule has 0 amide bonds. The van der Waals surface area contributed by atoms with E-state index in [-0.39, 0.29) is 0 Å². The number of nitrogens with one attached hydrogen (secondary N) is 1. The van der Waals surface area contributed by atoms with Crippen molar-refractivity contribution in [3.05, 3.63) is 34.9 Å². The Bertz CT molecular complexity index is 350. The molecule has 1 fully saturated rings. The third-order valence-corrected chi connectivity index (χ3v) is 3.98. The average molecular weight is 267 g/mol. The second-order valence-corrected chi connectivity index (χ2v) is 5.70. The zero-order chi connectivity index (χ0) is 12.8. The number of benzene rings is 1. The highest BCUT2D eigenvalue weighted by Gasteiger charge is 2.21. The molecule has 1 heterocycles. The molecule has 2 rings (SSSR count). The third-order valence-electron chi connectivity index (χ3n) is 3.73. The van der Waals surface area contributed by atoms with Crippen LogP contribution in [-0.2, 0) is 6.54 Å². The molecular formula is C15H23ClN2.